The third-order valence-corrected chi connectivity index (χ3v) is 5.69. The van der Waals surface area contributed by atoms with Crippen molar-refractivity contribution in [1.82, 2.24) is 25.7 Å². The zero-order valence-corrected chi connectivity index (χ0v) is 15.1. The number of hydrogen-bond donors (Lipinski definition) is 2. The molecule has 0 bridgehead atoms. The van der Waals surface area contributed by atoms with Crippen molar-refractivity contribution in [3.63, 3.8) is 0 Å². The largest absolute Gasteiger partial charge is 0.332 e. The zero-order chi connectivity index (χ0) is 18.1. The highest BCUT2D eigenvalue weighted by Crippen LogP contribution is 2.27. The van der Waals surface area contributed by atoms with E-state index in [0.29, 0.717) is 28.9 Å². The normalized spacial score (nSPS) is 16.0. The predicted octanol–water partition coefficient (Wildman–Crippen LogP) is 2.00. The van der Waals surface area contributed by atoms with E-state index in [4.69, 9.17) is 4.52 Å². The fourth-order valence-corrected chi connectivity index (χ4v) is 3.71. The minimum atomic E-state index is -3.23. The second-order valence-electron chi connectivity index (χ2n) is 6.45. The van der Waals surface area contributed by atoms with Gasteiger partial charge in [0.15, 0.2) is 15.5 Å². The second kappa shape index (κ2) is 6.65. The molecule has 136 valence electrons. The first kappa shape index (κ1) is 16.9. The molecule has 4 rings (SSSR count). The number of hydrogen-bond acceptors (Lipinski definition) is 7. The van der Waals surface area contributed by atoms with Crippen LogP contribution in [-0.4, -0.2) is 48.1 Å². The third kappa shape index (κ3) is 3.40. The maximum atomic E-state index is 11.5. The average molecular weight is 373 g/mol. The number of H-pyrrole nitrogens is 1. The standard InChI is InChI=1S/C17H19N5O3S/c1-26(23,24)13-4-2-12(3-5-13)16-19-17(25-22-16)15-10-14(20-21-15)11-6-8-18-9-7-11/h2-5,10-11,18H,6-9H2,1H3,(H,20,21). The summed E-state index contributed by atoms with van der Waals surface area (Å²) in [6, 6.07) is 8.35. The van der Waals surface area contributed by atoms with E-state index in [1.54, 1.807) is 12.1 Å². The van der Waals surface area contributed by atoms with E-state index < -0.39 is 9.84 Å². The van der Waals surface area contributed by atoms with E-state index >= 15 is 0 Å². The highest BCUT2D eigenvalue weighted by atomic mass is 32.2. The van der Waals surface area contributed by atoms with Crippen molar-refractivity contribution in [3.05, 3.63) is 36.0 Å². The first-order valence-electron chi connectivity index (χ1n) is 8.41. The molecule has 2 N–H and O–H groups in total. The van der Waals surface area contributed by atoms with Crippen molar-refractivity contribution in [2.75, 3.05) is 19.3 Å². The first-order chi connectivity index (χ1) is 12.5. The summed E-state index contributed by atoms with van der Waals surface area (Å²) in [6.07, 6.45) is 3.32. The van der Waals surface area contributed by atoms with Crippen molar-refractivity contribution in [2.24, 2.45) is 0 Å². The van der Waals surface area contributed by atoms with Crippen LogP contribution >= 0.6 is 0 Å². The summed E-state index contributed by atoms with van der Waals surface area (Å²) in [5.41, 5.74) is 2.38. The monoisotopic (exact) mass is 373 g/mol. The molecule has 1 aliphatic heterocycles. The molecule has 26 heavy (non-hydrogen) atoms. The minimum absolute atomic E-state index is 0.254. The van der Waals surface area contributed by atoms with Crippen LogP contribution in [0.2, 0.25) is 0 Å². The van der Waals surface area contributed by atoms with Crippen LogP contribution in [-0.2, 0) is 9.84 Å². The number of piperidine rings is 1. The van der Waals surface area contributed by atoms with Crippen molar-refractivity contribution in [3.8, 4) is 23.0 Å². The van der Waals surface area contributed by atoms with Gasteiger partial charge in [-0.1, -0.05) is 5.16 Å². The Hall–Kier alpha value is -2.52. The third-order valence-electron chi connectivity index (χ3n) is 4.56. The Morgan fingerprint density at radius 1 is 1.15 bits per heavy atom. The molecular weight excluding hydrogens is 354 g/mol. The second-order valence-corrected chi connectivity index (χ2v) is 8.47. The summed E-state index contributed by atoms with van der Waals surface area (Å²) >= 11 is 0. The number of nitrogens with one attached hydrogen (secondary N) is 2. The number of nitrogens with zero attached hydrogens (tertiary/aromatic N) is 3. The number of benzene rings is 1. The Balaban J connectivity index is 1.55. The molecule has 2 aromatic heterocycles. The maximum absolute atomic E-state index is 11.5. The van der Waals surface area contributed by atoms with Crippen LogP contribution in [0.15, 0.2) is 39.8 Å². The van der Waals surface area contributed by atoms with Crippen LogP contribution in [0.25, 0.3) is 23.0 Å². The van der Waals surface area contributed by atoms with E-state index in [0.717, 1.165) is 31.6 Å². The molecule has 1 saturated heterocycles. The Bertz CT molecular complexity index is 1000. The van der Waals surface area contributed by atoms with Crippen LogP contribution in [0.1, 0.15) is 24.5 Å². The molecule has 3 aromatic rings. The van der Waals surface area contributed by atoms with Gasteiger partial charge >= 0.3 is 0 Å². The first-order valence-corrected chi connectivity index (χ1v) is 10.3. The maximum Gasteiger partial charge on any atom is 0.278 e. The summed E-state index contributed by atoms with van der Waals surface area (Å²) in [4.78, 5) is 4.63. The van der Waals surface area contributed by atoms with Crippen LogP contribution in [0.5, 0.6) is 0 Å². The summed E-state index contributed by atoms with van der Waals surface area (Å²) in [7, 11) is -3.23. The summed E-state index contributed by atoms with van der Waals surface area (Å²) in [5.74, 6) is 1.19. The number of rotatable bonds is 4. The molecule has 0 atom stereocenters. The van der Waals surface area contributed by atoms with Gasteiger partial charge in [-0.3, -0.25) is 5.10 Å². The highest BCUT2D eigenvalue weighted by molar-refractivity contribution is 7.90. The molecular formula is C17H19N5O3S. The summed E-state index contributed by atoms with van der Waals surface area (Å²) < 4.78 is 28.4. The predicted molar refractivity (Wildman–Crippen MR) is 95.3 cm³/mol. The van der Waals surface area contributed by atoms with Crippen molar-refractivity contribution >= 4 is 9.84 Å². The smallest absolute Gasteiger partial charge is 0.278 e. The van der Waals surface area contributed by atoms with Crippen molar-refractivity contribution < 1.29 is 12.9 Å². The molecule has 0 amide bonds. The molecule has 8 nitrogen and oxygen atoms in total. The van der Waals surface area contributed by atoms with Crippen molar-refractivity contribution in [1.29, 1.82) is 0 Å². The Labute approximate surface area is 150 Å². The molecule has 3 heterocycles. The van der Waals surface area contributed by atoms with Gasteiger partial charge in [-0.05, 0) is 56.3 Å². The Morgan fingerprint density at radius 3 is 2.58 bits per heavy atom. The van der Waals surface area contributed by atoms with Gasteiger partial charge in [0.05, 0.1) is 4.90 Å². The van der Waals surface area contributed by atoms with E-state index in [9.17, 15) is 8.42 Å². The number of aromatic nitrogens is 4. The number of aromatic amines is 1. The fourth-order valence-electron chi connectivity index (χ4n) is 3.08. The summed E-state index contributed by atoms with van der Waals surface area (Å²) in [5, 5.41) is 14.7. The van der Waals surface area contributed by atoms with E-state index in [1.807, 2.05) is 6.07 Å². The van der Waals surface area contributed by atoms with Crippen LogP contribution in [0, 0.1) is 0 Å². The van der Waals surface area contributed by atoms with Gasteiger partial charge in [0.2, 0.25) is 5.82 Å². The molecule has 1 fully saturated rings. The SMILES string of the molecule is CS(=O)(=O)c1ccc(-c2noc(-c3cc(C4CCNCC4)[nH]n3)n2)cc1. The van der Waals surface area contributed by atoms with Crippen LogP contribution in [0.3, 0.4) is 0 Å². The number of sulfone groups is 1. The molecule has 0 unspecified atom stereocenters. The quantitative estimate of drug-likeness (QED) is 0.719. The fraction of sp³-hybridized carbons (Fsp3) is 0.353. The Kier molecular flexibility index (Phi) is 4.33. The molecule has 0 radical (unpaired) electrons. The highest BCUT2D eigenvalue weighted by Gasteiger charge is 2.20. The minimum Gasteiger partial charge on any atom is -0.332 e. The van der Waals surface area contributed by atoms with E-state index in [-0.39, 0.29) is 4.90 Å². The lowest BCUT2D eigenvalue weighted by Crippen LogP contribution is -2.26. The van der Waals surface area contributed by atoms with Gasteiger partial charge in [0.1, 0.15) is 0 Å². The Morgan fingerprint density at radius 2 is 1.88 bits per heavy atom. The summed E-state index contributed by atoms with van der Waals surface area (Å²) in [6.45, 7) is 2.01. The van der Waals surface area contributed by atoms with Gasteiger partial charge in [0, 0.05) is 23.4 Å². The van der Waals surface area contributed by atoms with Crippen LogP contribution < -0.4 is 5.32 Å². The van der Waals surface area contributed by atoms with Gasteiger partial charge in [-0.15, -0.1) is 0 Å². The van der Waals surface area contributed by atoms with E-state index in [2.05, 4.69) is 25.7 Å². The molecule has 1 aromatic carbocycles. The molecule has 0 saturated carbocycles. The van der Waals surface area contributed by atoms with Gasteiger partial charge in [-0.25, -0.2) is 8.42 Å². The van der Waals surface area contributed by atoms with Crippen LogP contribution in [0.4, 0.5) is 0 Å². The average Bonchev–Trinajstić information content (AvgIpc) is 3.31. The van der Waals surface area contributed by atoms with E-state index in [1.165, 1.54) is 18.4 Å². The topological polar surface area (TPSA) is 114 Å². The lowest BCUT2D eigenvalue weighted by molar-refractivity contribution is 0.431. The molecule has 0 aliphatic carbocycles. The molecule has 0 spiro atoms. The lowest BCUT2D eigenvalue weighted by atomic mass is 9.95. The van der Waals surface area contributed by atoms with Gasteiger partial charge in [0.25, 0.3) is 5.89 Å². The van der Waals surface area contributed by atoms with Crippen molar-refractivity contribution in [2.45, 2.75) is 23.7 Å². The van der Waals surface area contributed by atoms with Gasteiger partial charge < -0.3 is 9.84 Å². The molecule has 9 heteroatoms. The zero-order valence-electron chi connectivity index (χ0n) is 14.3. The lowest BCUT2D eigenvalue weighted by Gasteiger charge is -2.20. The van der Waals surface area contributed by atoms with Gasteiger partial charge in [-0.2, -0.15) is 10.1 Å². The molecule has 1 aliphatic rings.